The highest BCUT2D eigenvalue weighted by Crippen LogP contribution is 2.17. The topological polar surface area (TPSA) is 88.9 Å². The molecule has 3 aromatic rings. The van der Waals surface area contributed by atoms with Crippen molar-refractivity contribution in [3.8, 4) is 0 Å². The maximum Gasteiger partial charge on any atom is 0.325 e. The number of hydrogen-bond acceptors (Lipinski definition) is 5. The average molecular weight is 399 g/mol. The Labute approximate surface area is 165 Å². The fraction of sp³-hybridized carbons (Fsp3) is 0.158. The van der Waals surface area contributed by atoms with Crippen LogP contribution in [0.1, 0.15) is 11.4 Å². The Morgan fingerprint density at radius 1 is 1.07 bits per heavy atom. The van der Waals surface area contributed by atoms with E-state index in [0.717, 1.165) is 23.1 Å². The first-order valence-electron chi connectivity index (χ1n) is 8.43. The SMILES string of the molecule is Cn1c(Cc2ccccc2)nnc1SCC(=O)NC(=O)Nc1ccccc1F. The van der Waals surface area contributed by atoms with Crippen LogP contribution in [0.25, 0.3) is 0 Å². The third-order valence-electron chi connectivity index (χ3n) is 3.84. The number of imide groups is 1. The van der Waals surface area contributed by atoms with Gasteiger partial charge in [0, 0.05) is 13.5 Å². The fourth-order valence-corrected chi connectivity index (χ4v) is 3.14. The van der Waals surface area contributed by atoms with Gasteiger partial charge in [0.25, 0.3) is 0 Å². The van der Waals surface area contributed by atoms with E-state index in [4.69, 9.17) is 0 Å². The first-order valence-corrected chi connectivity index (χ1v) is 9.42. The number of rotatable bonds is 6. The van der Waals surface area contributed by atoms with Crippen molar-refractivity contribution in [3.63, 3.8) is 0 Å². The van der Waals surface area contributed by atoms with E-state index in [1.165, 1.54) is 18.2 Å². The lowest BCUT2D eigenvalue weighted by molar-refractivity contribution is -0.117. The van der Waals surface area contributed by atoms with Crippen LogP contribution in [0, 0.1) is 5.82 Å². The predicted octanol–water partition coefficient (Wildman–Crippen LogP) is 2.99. The van der Waals surface area contributed by atoms with Gasteiger partial charge < -0.3 is 9.88 Å². The molecule has 28 heavy (non-hydrogen) atoms. The van der Waals surface area contributed by atoms with Crippen LogP contribution in [0.3, 0.4) is 0 Å². The largest absolute Gasteiger partial charge is 0.325 e. The smallest absolute Gasteiger partial charge is 0.309 e. The number of amides is 3. The number of thioether (sulfide) groups is 1. The first-order chi connectivity index (χ1) is 13.5. The third kappa shape index (κ3) is 5.17. The summed E-state index contributed by atoms with van der Waals surface area (Å²) in [7, 11) is 1.82. The lowest BCUT2D eigenvalue weighted by Gasteiger charge is -2.07. The van der Waals surface area contributed by atoms with Gasteiger partial charge in [-0.3, -0.25) is 10.1 Å². The summed E-state index contributed by atoms with van der Waals surface area (Å²) in [6.07, 6.45) is 0.627. The second-order valence-electron chi connectivity index (χ2n) is 5.89. The summed E-state index contributed by atoms with van der Waals surface area (Å²) < 4.78 is 15.3. The molecule has 3 amide bonds. The summed E-state index contributed by atoms with van der Waals surface area (Å²) >= 11 is 1.16. The first kappa shape index (κ1) is 19.6. The van der Waals surface area contributed by atoms with Crippen LogP contribution in [-0.4, -0.2) is 32.5 Å². The molecule has 0 aliphatic heterocycles. The number of nitrogens with zero attached hydrogens (tertiary/aromatic N) is 3. The van der Waals surface area contributed by atoms with Gasteiger partial charge in [0.05, 0.1) is 11.4 Å². The van der Waals surface area contributed by atoms with Gasteiger partial charge in [-0.1, -0.05) is 54.2 Å². The highest BCUT2D eigenvalue weighted by Gasteiger charge is 2.14. The van der Waals surface area contributed by atoms with Gasteiger partial charge >= 0.3 is 6.03 Å². The van der Waals surface area contributed by atoms with E-state index in [9.17, 15) is 14.0 Å². The quantitative estimate of drug-likeness (QED) is 0.622. The van der Waals surface area contributed by atoms with Gasteiger partial charge in [0.15, 0.2) is 5.16 Å². The molecule has 7 nitrogen and oxygen atoms in total. The molecule has 0 fully saturated rings. The second-order valence-corrected chi connectivity index (χ2v) is 6.83. The van der Waals surface area contributed by atoms with Crippen LogP contribution >= 0.6 is 11.8 Å². The maximum absolute atomic E-state index is 13.5. The predicted molar refractivity (Wildman–Crippen MR) is 105 cm³/mol. The minimum atomic E-state index is -0.793. The van der Waals surface area contributed by atoms with Gasteiger partial charge in [0.1, 0.15) is 11.6 Å². The van der Waals surface area contributed by atoms with Crippen molar-refractivity contribution in [1.29, 1.82) is 0 Å². The Kier molecular flexibility index (Phi) is 6.38. The average Bonchev–Trinajstić information content (AvgIpc) is 3.02. The molecule has 1 heterocycles. The van der Waals surface area contributed by atoms with Crippen molar-refractivity contribution in [3.05, 3.63) is 71.8 Å². The van der Waals surface area contributed by atoms with Gasteiger partial charge in [-0.2, -0.15) is 0 Å². The van der Waals surface area contributed by atoms with Gasteiger partial charge in [0.2, 0.25) is 5.91 Å². The summed E-state index contributed by atoms with van der Waals surface area (Å²) in [6, 6.07) is 14.8. The van der Waals surface area contributed by atoms with E-state index < -0.39 is 17.8 Å². The van der Waals surface area contributed by atoms with Crippen molar-refractivity contribution in [2.45, 2.75) is 11.6 Å². The third-order valence-corrected chi connectivity index (χ3v) is 4.86. The van der Waals surface area contributed by atoms with Crippen molar-refractivity contribution < 1.29 is 14.0 Å². The number of carbonyl (C=O) groups excluding carboxylic acids is 2. The molecule has 0 aliphatic carbocycles. The van der Waals surface area contributed by atoms with E-state index in [1.54, 1.807) is 6.07 Å². The van der Waals surface area contributed by atoms with Crippen LogP contribution in [0.15, 0.2) is 59.8 Å². The number of anilines is 1. The van der Waals surface area contributed by atoms with E-state index in [-0.39, 0.29) is 11.4 Å². The van der Waals surface area contributed by atoms with E-state index in [1.807, 2.05) is 41.9 Å². The molecule has 0 unspecified atom stereocenters. The maximum atomic E-state index is 13.5. The summed E-state index contributed by atoms with van der Waals surface area (Å²) in [5, 5.41) is 13.3. The lowest BCUT2D eigenvalue weighted by Crippen LogP contribution is -2.35. The molecule has 0 aliphatic rings. The summed E-state index contributed by atoms with van der Waals surface area (Å²) in [5.41, 5.74) is 1.11. The molecule has 0 bridgehead atoms. The summed E-state index contributed by atoms with van der Waals surface area (Å²) in [5.74, 6) is -0.357. The normalized spacial score (nSPS) is 10.5. The summed E-state index contributed by atoms with van der Waals surface area (Å²) in [6.45, 7) is 0. The molecular formula is C19H18FN5O2S. The highest BCUT2D eigenvalue weighted by atomic mass is 32.2. The lowest BCUT2D eigenvalue weighted by atomic mass is 10.1. The van der Waals surface area contributed by atoms with Crippen molar-refractivity contribution in [1.82, 2.24) is 20.1 Å². The van der Waals surface area contributed by atoms with E-state index in [2.05, 4.69) is 20.8 Å². The Morgan fingerprint density at radius 3 is 2.54 bits per heavy atom. The Morgan fingerprint density at radius 2 is 1.79 bits per heavy atom. The molecule has 1 aromatic heterocycles. The number of nitrogens with one attached hydrogen (secondary N) is 2. The van der Waals surface area contributed by atoms with Gasteiger partial charge in [-0.15, -0.1) is 10.2 Å². The Hall–Kier alpha value is -3.20. The van der Waals surface area contributed by atoms with Crippen LogP contribution < -0.4 is 10.6 Å². The monoisotopic (exact) mass is 399 g/mol. The molecule has 2 N–H and O–H groups in total. The standard InChI is InChI=1S/C19H18FN5O2S/c1-25-16(11-13-7-3-2-4-8-13)23-24-19(25)28-12-17(26)22-18(27)21-15-10-6-5-9-14(15)20/h2-10H,11-12H2,1H3,(H2,21,22,26,27). The molecule has 2 aromatic carbocycles. The molecular weight excluding hydrogens is 381 g/mol. The van der Waals surface area contributed by atoms with Gasteiger partial charge in [-0.25, -0.2) is 9.18 Å². The molecule has 0 radical (unpaired) electrons. The minimum absolute atomic E-state index is 0.000641. The fourth-order valence-electron chi connectivity index (χ4n) is 2.41. The molecule has 3 rings (SSSR count). The van der Waals surface area contributed by atoms with Crippen LogP contribution in [-0.2, 0) is 18.3 Å². The molecule has 144 valence electrons. The Bertz CT molecular complexity index is 977. The Balaban J connectivity index is 1.51. The number of halogens is 1. The number of aromatic nitrogens is 3. The van der Waals surface area contributed by atoms with Crippen LogP contribution in [0.2, 0.25) is 0 Å². The van der Waals surface area contributed by atoms with Gasteiger partial charge in [-0.05, 0) is 17.7 Å². The van der Waals surface area contributed by atoms with Crippen molar-refractivity contribution in [2.75, 3.05) is 11.1 Å². The van der Waals surface area contributed by atoms with Crippen LogP contribution in [0.4, 0.5) is 14.9 Å². The zero-order valence-corrected chi connectivity index (χ0v) is 15.9. The molecule has 9 heteroatoms. The number of benzene rings is 2. The van der Waals surface area contributed by atoms with Crippen molar-refractivity contribution >= 4 is 29.4 Å². The number of hydrogen-bond donors (Lipinski definition) is 2. The molecule has 0 saturated heterocycles. The number of urea groups is 1. The zero-order valence-electron chi connectivity index (χ0n) is 15.1. The molecule has 0 atom stereocenters. The molecule has 0 saturated carbocycles. The van der Waals surface area contributed by atoms with Crippen molar-refractivity contribution in [2.24, 2.45) is 7.05 Å². The minimum Gasteiger partial charge on any atom is -0.309 e. The summed E-state index contributed by atoms with van der Waals surface area (Å²) in [4.78, 5) is 23.8. The van der Waals surface area contributed by atoms with Crippen LogP contribution in [0.5, 0.6) is 0 Å². The second kappa shape index (κ2) is 9.14. The highest BCUT2D eigenvalue weighted by molar-refractivity contribution is 7.99. The van der Waals surface area contributed by atoms with E-state index >= 15 is 0 Å². The van der Waals surface area contributed by atoms with E-state index in [0.29, 0.717) is 11.6 Å². The number of carbonyl (C=O) groups is 2. The number of para-hydroxylation sites is 1. The zero-order chi connectivity index (χ0) is 19.9. The molecule has 0 spiro atoms.